The van der Waals surface area contributed by atoms with Gasteiger partial charge in [-0.3, -0.25) is 18.7 Å². The summed E-state index contributed by atoms with van der Waals surface area (Å²) in [6.07, 6.45) is 2.52. The van der Waals surface area contributed by atoms with Crippen molar-refractivity contribution in [1.29, 1.82) is 0 Å². The minimum Gasteiger partial charge on any atom is -0.371 e. The molecule has 0 aliphatic carbocycles. The lowest BCUT2D eigenvalue weighted by atomic mass is 10.1. The van der Waals surface area contributed by atoms with Gasteiger partial charge in [0.1, 0.15) is 11.6 Å². The molecule has 0 radical (unpaired) electrons. The second kappa shape index (κ2) is 11.3. The monoisotopic (exact) mass is 452 g/mol. The first-order valence-electron chi connectivity index (χ1n) is 11.1. The molecule has 0 unspecified atom stereocenters. The first-order valence-corrected chi connectivity index (χ1v) is 11.1. The van der Waals surface area contributed by atoms with Crippen LogP contribution < -0.4 is 22.3 Å². The Morgan fingerprint density at radius 3 is 2.39 bits per heavy atom. The van der Waals surface area contributed by atoms with E-state index >= 15 is 0 Å². The smallest absolute Gasteiger partial charge is 0.332 e. The summed E-state index contributed by atoms with van der Waals surface area (Å²) >= 11 is 0. The van der Waals surface area contributed by atoms with Crippen LogP contribution in [0.1, 0.15) is 36.5 Å². The van der Waals surface area contributed by atoms with Crippen LogP contribution in [0.15, 0.2) is 64.2 Å². The third-order valence-corrected chi connectivity index (χ3v) is 5.42. The normalized spacial score (nSPS) is 10.8. The maximum absolute atomic E-state index is 14.1. The number of primary amides is 1. The molecule has 0 saturated carbocycles. The Hall–Kier alpha value is -3.68. The molecule has 2 aromatic carbocycles. The second-order valence-corrected chi connectivity index (χ2v) is 7.97. The number of rotatable bonds is 11. The molecule has 0 saturated heterocycles. The molecule has 33 heavy (non-hydrogen) atoms. The molecule has 7 nitrogen and oxygen atoms in total. The standard InChI is InChI=1S/C25H29FN4O3/c1-2-3-14-29-23(28-13-12-18-8-10-19(11-9-18)15-22(27)31)16-24(32)30(25(29)33)17-20-6-4-5-7-21(20)26/h4-11,16,28H,2-3,12-15,17H2,1H3,(H2,27,31). The summed E-state index contributed by atoms with van der Waals surface area (Å²) in [6.45, 7) is 2.87. The highest BCUT2D eigenvalue weighted by atomic mass is 19.1. The fourth-order valence-corrected chi connectivity index (χ4v) is 3.60. The average Bonchev–Trinajstić information content (AvgIpc) is 2.78. The zero-order valence-corrected chi connectivity index (χ0v) is 18.7. The van der Waals surface area contributed by atoms with Crippen molar-refractivity contribution in [2.24, 2.45) is 5.73 Å². The SMILES string of the molecule is CCCCn1c(NCCc2ccc(CC(N)=O)cc2)cc(=O)n(Cc2ccccc2F)c1=O. The predicted octanol–water partition coefficient (Wildman–Crippen LogP) is 2.68. The summed E-state index contributed by atoms with van der Waals surface area (Å²) in [5, 5.41) is 3.20. The van der Waals surface area contributed by atoms with Crippen LogP contribution in [0.3, 0.4) is 0 Å². The molecule has 3 aromatic rings. The van der Waals surface area contributed by atoms with E-state index in [1.54, 1.807) is 22.8 Å². The molecule has 0 aliphatic rings. The van der Waals surface area contributed by atoms with Crippen molar-refractivity contribution in [3.8, 4) is 0 Å². The van der Waals surface area contributed by atoms with E-state index in [1.807, 2.05) is 31.2 Å². The number of hydrogen-bond donors (Lipinski definition) is 2. The fourth-order valence-electron chi connectivity index (χ4n) is 3.60. The van der Waals surface area contributed by atoms with Crippen molar-refractivity contribution in [3.05, 3.63) is 97.9 Å². The highest BCUT2D eigenvalue weighted by Gasteiger charge is 2.13. The van der Waals surface area contributed by atoms with Gasteiger partial charge in [0.05, 0.1) is 13.0 Å². The Balaban J connectivity index is 1.78. The number of carbonyl (C=O) groups excluding carboxylic acids is 1. The Labute approximate surface area is 191 Å². The number of amides is 1. The Morgan fingerprint density at radius 2 is 1.73 bits per heavy atom. The minimum atomic E-state index is -0.477. The lowest BCUT2D eigenvalue weighted by Crippen LogP contribution is -2.41. The predicted molar refractivity (Wildman–Crippen MR) is 127 cm³/mol. The Bertz CT molecular complexity index is 1220. The zero-order valence-electron chi connectivity index (χ0n) is 18.7. The van der Waals surface area contributed by atoms with Crippen LogP contribution in [0, 0.1) is 5.82 Å². The van der Waals surface area contributed by atoms with Crippen LogP contribution >= 0.6 is 0 Å². The third-order valence-electron chi connectivity index (χ3n) is 5.42. The van der Waals surface area contributed by atoms with Gasteiger partial charge in [-0.05, 0) is 30.0 Å². The highest BCUT2D eigenvalue weighted by molar-refractivity contribution is 5.76. The van der Waals surface area contributed by atoms with Gasteiger partial charge >= 0.3 is 5.69 Å². The van der Waals surface area contributed by atoms with Gasteiger partial charge in [-0.2, -0.15) is 0 Å². The quantitative estimate of drug-likeness (QED) is 0.467. The van der Waals surface area contributed by atoms with Crippen LogP contribution in [-0.2, 0) is 30.7 Å². The summed E-state index contributed by atoms with van der Waals surface area (Å²) < 4.78 is 16.7. The number of aromatic nitrogens is 2. The molecule has 1 amide bonds. The lowest BCUT2D eigenvalue weighted by molar-refractivity contribution is -0.117. The Kier molecular flexibility index (Phi) is 8.18. The Morgan fingerprint density at radius 1 is 1.03 bits per heavy atom. The van der Waals surface area contributed by atoms with Crippen LogP contribution in [-0.4, -0.2) is 21.6 Å². The van der Waals surface area contributed by atoms with Gasteiger partial charge in [0.2, 0.25) is 5.91 Å². The van der Waals surface area contributed by atoms with Crippen LogP contribution in [0.2, 0.25) is 0 Å². The largest absolute Gasteiger partial charge is 0.371 e. The van der Waals surface area contributed by atoms with Crippen molar-refractivity contribution in [2.45, 2.75) is 45.7 Å². The van der Waals surface area contributed by atoms with Crippen molar-refractivity contribution in [1.82, 2.24) is 9.13 Å². The summed E-state index contributed by atoms with van der Waals surface area (Å²) in [5.74, 6) is -0.374. The molecule has 174 valence electrons. The molecule has 0 aliphatic heterocycles. The molecule has 0 spiro atoms. The summed E-state index contributed by atoms with van der Waals surface area (Å²) in [6, 6.07) is 15.1. The zero-order chi connectivity index (χ0) is 23.8. The molecular formula is C25H29FN4O3. The summed E-state index contributed by atoms with van der Waals surface area (Å²) in [4.78, 5) is 36.9. The molecule has 0 fully saturated rings. The van der Waals surface area contributed by atoms with E-state index in [4.69, 9.17) is 5.73 Å². The van der Waals surface area contributed by atoms with Crippen LogP contribution in [0.25, 0.3) is 0 Å². The maximum Gasteiger partial charge on any atom is 0.332 e. The molecule has 0 atom stereocenters. The maximum atomic E-state index is 14.1. The number of hydrogen-bond acceptors (Lipinski definition) is 4. The molecule has 3 N–H and O–H groups in total. The van der Waals surface area contributed by atoms with Crippen molar-refractivity contribution in [3.63, 3.8) is 0 Å². The van der Waals surface area contributed by atoms with Crippen molar-refractivity contribution >= 4 is 11.7 Å². The number of halogens is 1. The van der Waals surface area contributed by atoms with Gasteiger partial charge in [0.15, 0.2) is 0 Å². The van der Waals surface area contributed by atoms with E-state index in [9.17, 15) is 18.8 Å². The number of benzene rings is 2. The van der Waals surface area contributed by atoms with Crippen LogP contribution in [0.5, 0.6) is 0 Å². The number of anilines is 1. The summed E-state index contributed by atoms with van der Waals surface area (Å²) in [5.41, 5.74) is 6.47. The van der Waals surface area contributed by atoms with Gasteiger partial charge in [0.25, 0.3) is 5.56 Å². The van der Waals surface area contributed by atoms with E-state index in [2.05, 4.69) is 5.32 Å². The van der Waals surface area contributed by atoms with Gasteiger partial charge in [0, 0.05) is 24.7 Å². The van der Waals surface area contributed by atoms with E-state index < -0.39 is 17.1 Å². The first-order chi connectivity index (χ1) is 15.9. The van der Waals surface area contributed by atoms with Gasteiger partial charge in [-0.1, -0.05) is 55.8 Å². The lowest BCUT2D eigenvalue weighted by Gasteiger charge is -2.17. The third kappa shape index (κ3) is 6.41. The molecule has 0 bridgehead atoms. The van der Waals surface area contributed by atoms with Gasteiger partial charge in [-0.15, -0.1) is 0 Å². The number of nitrogens with zero attached hydrogens (tertiary/aromatic N) is 2. The average molecular weight is 453 g/mol. The number of unbranched alkanes of at least 4 members (excludes halogenated alkanes) is 1. The van der Waals surface area contributed by atoms with E-state index in [0.29, 0.717) is 30.9 Å². The van der Waals surface area contributed by atoms with Crippen molar-refractivity contribution < 1.29 is 9.18 Å². The molecular weight excluding hydrogens is 423 g/mol. The summed E-state index contributed by atoms with van der Waals surface area (Å²) in [7, 11) is 0. The number of nitrogens with one attached hydrogen (secondary N) is 1. The van der Waals surface area contributed by atoms with Crippen LogP contribution in [0.4, 0.5) is 10.2 Å². The number of nitrogens with two attached hydrogens (primary N) is 1. The van der Waals surface area contributed by atoms with Gasteiger partial charge in [-0.25, -0.2) is 9.18 Å². The van der Waals surface area contributed by atoms with E-state index in [1.165, 1.54) is 12.1 Å². The van der Waals surface area contributed by atoms with E-state index in [-0.39, 0.29) is 18.9 Å². The fraction of sp³-hybridized carbons (Fsp3) is 0.320. The molecule has 3 rings (SSSR count). The highest BCUT2D eigenvalue weighted by Crippen LogP contribution is 2.10. The number of carbonyl (C=O) groups is 1. The van der Waals surface area contributed by atoms with Gasteiger partial charge < -0.3 is 11.1 Å². The second-order valence-electron chi connectivity index (χ2n) is 7.97. The molecule has 1 aromatic heterocycles. The molecule has 1 heterocycles. The minimum absolute atomic E-state index is 0.117. The topological polar surface area (TPSA) is 99.1 Å². The van der Waals surface area contributed by atoms with E-state index in [0.717, 1.165) is 28.5 Å². The molecule has 8 heteroatoms. The first kappa shape index (κ1) is 24.0. The van der Waals surface area contributed by atoms with Crippen molar-refractivity contribution in [2.75, 3.05) is 11.9 Å².